The van der Waals surface area contributed by atoms with Gasteiger partial charge < -0.3 is 4.90 Å². The van der Waals surface area contributed by atoms with Crippen molar-refractivity contribution < 1.29 is 4.79 Å². The third-order valence-electron chi connectivity index (χ3n) is 4.31. The van der Waals surface area contributed by atoms with Crippen LogP contribution in [0.4, 0.5) is 0 Å². The Hall–Kier alpha value is -1.91. The minimum absolute atomic E-state index is 0.0611. The molecule has 3 heterocycles. The van der Waals surface area contributed by atoms with Gasteiger partial charge in [-0.15, -0.1) is 0 Å². The van der Waals surface area contributed by atoms with E-state index in [9.17, 15) is 4.79 Å². The second kappa shape index (κ2) is 5.47. The van der Waals surface area contributed by atoms with Crippen LogP contribution in [-0.2, 0) is 0 Å². The summed E-state index contributed by atoms with van der Waals surface area (Å²) >= 11 is 0. The first-order valence-corrected chi connectivity index (χ1v) is 7.75. The second-order valence-electron chi connectivity index (χ2n) is 5.89. The zero-order chi connectivity index (χ0) is 15.0. The quantitative estimate of drug-likeness (QED) is 0.853. The van der Waals surface area contributed by atoms with Crippen molar-refractivity contribution in [2.45, 2.75) is 52.5 Å². The van der Waals surface area contributed by atoms with E-state index in [1.165, 1.54) is 6.42 Å². The first kappa shape index (κ1) is 14.0. The van der Waals surface area contributed by atoms with E-state index in [-0.39, 0.29) is 5.91 Å². The summed E-state index contributed by atoms with van der Waals surface area (Å²) in [6.45, 7) is 6.90. The number of aryl methyl sites for hydroxylation is 2. The molecule has 2 aromatic heterocycles. The first-order chi connectivity index (χ1) is 10.1. The number of likely N-dealkylation sites (tertiary alicyclic amines) is 1. The Morgan fingerprint density at radius 1 is 1.33 bits per heavy atom. The molecule has 0 bridgehead atoms. The molecule has 1 unspecified atom stereocenters. The topological polar surface area (TPSA) is 50.5 Å². The van der Waals surface area contributed by atoms with Crippen LogP contribution in [0.15, 0.2) is 12.1 Å². The number of nitrogens with zero attached hydrogens (tertiary/aromatic N) is 4. The molecule has 0 spiro atoms. The highest BCUT2D eigenvalue weighted by Gasteiger charge is 2.27. The molecule has 0 aromatic carbocycles. The smallest absolute Gasteiger partial charge is 0.272 e. The molecule has 21 heavy (non-hydrogen) atoms. The summed E-state index contributed by atoms with van der Waals surface area (Å²) in [7, 11) is 0. The monoisotopic (exact) mass is 286 g/mol. The molecular weight excluding hydrogens is 264 g/mol. The molecule has 1 aliphatic heterocycles. The zero-order valence-corrected chi connectivity index (χ0v) is 13.0. The van der Waals surface area contributed by atoms with E-state index in [4.69, 9.17) is 0 Å². The fraction of sp³-hybridized carbons (Fsp3) is 0.562. The maximum Gasteiger partial charge on any atom is 0.272 e. The Morgan fingerprint density at radius 3 is 2.90 bits per heavy atom. The lowest BCUT2D eigenvalue weighted by molar-refractivity contribution is 0.0602. The summed E-state index contributed by atoms with van der Waals surface area (Å²) in [5, 5.41) is 4.39. The lowest BCUT2D eigenvalue weighted by atomic mass is 9.99. The van der Waals surface area contributed by atoms with Crippen molar-refractivity contribution >= 4 is 11.6 Å². The van der Waals surface area contributed by atoms with Gasteiger partial charge in [0.2, 0.25) is 0 Å². The van der Waals surface area contributed by atoms with Gasteiger partial charge in [0, 0.05) is 24.3 Å². The molecule has 3 rings (SSSR count). The van der Waals surface area contributed by atoms with Crippen LogP contribution in [0.3, 0.4) is 0 Å². The number of hydrogen-bond acceptors (Lipinski definition) is 3. The zero-order valence-electron chi connectivity index (χ0n) is 13.0. The van der Waals surface area contributed by atoms with E-state index < -0.39 is 0 Å². The summed E-state index contributed by atoms with van der Waals surface area (Å²) in [4.78, 5) is 19.3. The summed E-state index contributed by atoms with van der Waals surface area (Å²) < 4.78 is 1.79. The van der Waals surface area contributed by atoms with Crippen molar-refractivity contribution in [1.29, 1.82) is 0 Å². The van der Waals surface area contributed by atoms with Gasteiger partial charge in [-0.3, -0.25) is 4.79 Å². The minimum atomic E-state index is 0.0611. The molecule has 0 aliphatic carbocycles. The van der Waals surface area contributed by atoms with Gasteiger partial charge in [0.1, 0.15) is 5.69 Å². The molecule has 1 fully saturated rings. The summed E-state index contributed by atoms with van der Waals surface area (Å²) in [6, 6.07) is 4.12. The van der Waals surface area contributed by atoms with Crippen molar-refractivity contribution in [3.05, 3.63) is 29.2 Å². The molecule has 5 heteroatoms. The van der Waals surface area contributed by atoms with Crippen LogP contribution in [0.1, 0.15) is 54.5 Å². The van der Waals surface area contributed by atoms with Gasteiger partial charge in [-0.2, -0.15) is 5.10 Å². The molecule has 1 saturated heterocycles. The Kier molecular flexibility index (Phi) is 3.66. The second-order valence-corrected chi connectivity index (χ2v) is 5.89. The standard InChI is InChI=1S/C16H22N4O/c1-4-13-7-5-6-8-19(13)16(21)14-10-12(3)20-15(17-14)9-11(2)18-20/h9-10,13H,4-8H2,1-3H3. The molecule has 2 aromatic rings. The molecule has 112 valence electrons. The van der Waals surface area contributed by atoms with Gasteiger partial charge in [-0.1, -0.05) is 6.92 Å². The van der Waals surface area contributed by atoms with Crippen LogP contribution in [0.25, 0.3) is 5.65 Å². The van der Waals surface area contributed by atoms with Crippen LogP contribution in [0, 0.1) is 13.8 Å². The predicted octanol–water partition coefficient (Wildman–Crippen LogP) is 2.75. The normalized spacial score (nSPS) is 19.2. The van der Waals surface area contributed by atoms with Crippen LogP contribution in [-0.4, -0.2) is 38.0 Å². The number of piperidine rings is 1. The summed E-state index contributed by atoms with van der Waals surface area (Å²) in [6.07, 6.45) is 4.43. The summed E-state index contributed by atoms with van der Waals surface area (Å²) in [5.74, 6) is 0.0611. The van der Waals surface area contributed by atoms with E-state index >= 15 is 0 Å². The van der Waals surface area contributed by atoms with Crippen molar-refractivity contribution in [2.24, 2.45) is 0 Å². The number of carbonyl (C=O) groups excluding carboxylic acids is 1. The third-order valence-corrected chi connectivity index (χ3v) is 4.31. The number of carbonyl (C=O) groups is 1. The Balaban J connectivity index is 1.97. The largest absolute Gasteiger partial charge is 0.334 e. The van der Waals surface area contributed by atoms with Gasteiger partial charge in [-0.25, -0.2) is 9.50 Å². The van der Waals surface area contributed by atoms with Crippen molar-refractivity contribution in [3.8, 4) is 0 Å². The number of aromatic nitrogens is 3. The average molecular weight is 286 g/mol. The van der Waals surface area contributed by atoms with Crippen molar-refractivity contribution in [1.82, 2.24) is 19.5 Å². The molecule has 5 nitrogen and oxygen atoms in total. The maximum absolute atomic E-state index is 12.8. The fourth-order valence-corrected chi connectivity index (χ4v) is 3.19. The predicted molar refractivity (Wildman–Crippen MR) is 81.4 cm³/mol. The average Bonchev–Trinajstić information content (AvgIpc) is 2.87. The molecular formula is C16H22N4O. The maximum atomic E-state index is 12.8. The fourth-order valence-electron chi connectivity index (χ4n) is 3.19. The number of rotatable bonds is 2. The van der Waals surface area contributed by atoms with Gasteiger partial charge >= 0.3 is 0 Å². The van der Waals surface area contributed by atoms with Gasteiger partial charge in [0.05, 0.1) is 5.69 Å². The highest BCUT2D eigenvalue weighted by molar-refractivity contribution is 5.93. The van der Waals surface area contributed by atoms with Crippen molar-refractivity contribution in [3.63, 3.8) is 0 Å². The van der Waals surface area contributed by atoms with Crippen LogP contribution < -0.4 is 0 Å². The van der Waals surface area contributed by atoms with Gasteiger partial charge in [0.25, 0.3) is 5.91 Å². The Labute approximate surface area is 125 Å². The van der Waals surface area contributed by atoms with E-state index in [2.05, 4.69) is 17.0 Å². The lowest BCUT2D eigenvalue weighted by Crippen LogP contribution is -2.43. The lowest BCUT2D eigenvalue weighted by Gasteiger charge is -2.35. The molecule has 0 saturated carbocycles. The molecule has 1 atom stereocenters. The highest BCUT2D eigenvalue weighted by Crippen LogP contribution is 2.22. The highest BCUT2D eigenvalue weighted by atomic mass is 16.2. The van der Waals surface area contributed by atoms with E-state index in [0.717, 1.165) is 42.8 Å². The van der Waals surface area contributed by atoms with E-state index in [1.54, 1.807) is 4.52 Å². The van der Waals surface area contributed by atoms with E-state index in [0.29, 0.717) is 11.7 Å². The first-order valence-electron chi connectivity index (χ1n) is 7.75. The van der Waals surface area contributed by atoms with Crippen LogP contribution in [0.5, 0.6) is 0 Å². The van der Waals surface area contributed by atoms with Gasteiger partial charge in [0.15, 0.2) is 5.65 Å². The Morgan fingerprint density at radius 2 is 2.14 bits per heavy atom. The van der Waals surface area contributed by atoms with Crippen molar-refractivity contribution in [2.75, 3.05) is 6.54 Å². The number of hydrogen-bond donors (Lipinski definition) is 0. The molecule has 1 amide bonds. The Bertz CT molecular complexity index is 676. The molecule has 0 N–H and O–H groups in total. The molecule has 1 aliphatic rings. The summed E-state index contributed by atoms with van der Waals surface area (Å²) in [5.41, 5.74) is 3.15. The van der Waals surface area contributed by atoms with E-state index in [1.807, 2.05) is 30.9 Å². The number of fused-ring (bicyclic) bond motifs is 1. The van der Waals surface area contributed by atoms with Gasteiger partial charge in [-0.05, 0) is 45.6 Å². The number of amides is 1. The van der Waals surface area contributed by atoms with Crippen LogP contribution in [0.2, 0.25) is 0 Å². The SMILES string of the molecule is CCC1CCCCN1C(=O)c1cc(C)n2nc(C)cc2n1. The molecule has 0 radical (unpaired) electrons. The van der Waals surface area contributed by atoms with Crippen LogP contribution >= 0.6 is 0 Å². The minimum Gasteiger partial charge on any atom is -0.334 e. The third kappa shape index (κ3) is 2.52.